The van der Waals surface area contributed by atoms with Crippen LogP contribution in [0, 0.1) is 11.7 Å². The molecule has 1 aliphatic carbocycles. The molecule has 1 N–H and O–H groups in total. The standard InChI is InChI=1S/C15H12BrFN2O/c16-9-5-6-14(18-8-9)19-15(20)12-7-11(12)10-3-1-2-4-13(10)17/h1-6,8,11-12H,7H2,(H,18,19,20). The Labute approximate surface area is 124 Å². The molecule has 2 aromatic rings. The van der Waals surface area contributed by atoms with Crippen LogP contribution in [0.5, 0.6) is 0 Å². The number of carbonyl (C=O) groups excluding carboxylic acids is 1. The molecule has 1 aliphatic rings. The van der Waals surface area contributed by atoms with Gasteiger partial charge >= 0.3 is 0 Å². The molecule has 1 aromatic heterocycles. The van der Waals surface area contributed by atoms with Crippen LogP contribution in [-0.2, 0) is 4.79 Å². The molecule has 2 unspecified atom stereocenters. The van der Waals surface area contributed by atoms with Crippen molar-refractivity contribution in [2.75, 3.05) is 5.32 Å². The van der Waals surface area contributed by atoms with Crippen LogP contribution in [0.4, 0.5) is 10.2 Å². The molecule has 20 heavy (non-hydrogen) atoms. The van der Waals surface area contributed by atoms with Gasteiger partial charge in [-0.1, -0.05) is 18.2 Å². The van der Waals surface area contributed by atoms with Crippen LogP contribution in [0.2, 0.25) is 0 Å². The SMILES string of the molecule is O=C(Nc1ccc(Br)cn1)C1CC1c1ccccc1F. The second-order valence-electron chi connectivity index (χ2n) is 4.82. The van der Waals surface area contributed by atoms with Gasteiger partial charge < -0.3 is 5.32 Å². The molecule has 0 bridgehead atoms. The molecular weight excluding hydrogens is 323 g/mol. The van der Waals surface area contributed by atoms with Gasteiger partial charge in [0.25, 0.3) is 0 Å². The van der Waals surface area contributed by atoms with Gasteiger partial charge in [0, 0.05) is 16.6 Å². The fraction of sp³-hybridized carbons (Fsp3) is 0.200. The van der Waals surface area contributed by atoms with Crippen LogP contribution < -0.4 is 5.32 Å². The van der Waals surface area contributed by atoms with Gasteiger partial charge in [-0.25, -0.2) is 9.37 Å². The maximum absolute atomic E-state index is 13.6. The van der Waals surface area contributed by atoms with Gasteiger partial charge in [-0.2, -0.15) is 0 Å². The first kappa shape index (κ1) is 13.2. The number of nitrogens with zero attached hydrogens (tertiary/aromatic N) is 1. The van der Waals surface area contributed by atoms with Crippen LogP contribution in [-0.4, -0.2) is 10.9 Å². The number of rotatable bonds is 3. The van der Waals surface area contributed by atoms with Crippen molar-refractivity contribution < 1.29 is 9.18 Å². The third kappa shape index (κ3) is 2.72. The van der Waals surface area contributed by atoms with Gasteiger partial charge in [-0.15, -0.1) is 0 Å². The molecule has 3 rings (SSSR count). The number of hydrogen-bond acceptors (Lipinski definition) is 2. The Hall–Kier alpha value is -1.75. The smallest absolute Gasteiger partial charge is 0.229 e. The zero-order valence-corrected chi connectivity index (χ0v) is 12.1. The number of halogens is 2. The van der Waals surface area contributed by atoms with E-state index in [2.05, 4.69) is 26.2 Å². The van der Waals surface area contributed by atoms with Crippen molar-refractivity contribution in [1.29, 1.82) is 0 Å². The third-order valence-corrected chi connectivity index (χ3v) is 3.88. The fourth-order valence-electron chi connectivity index (χ4n) is 2.27. The van der Waals surface area contributed by atoms with Crippen LogP contribution >= 0.6 is 15.9 Å². The van der Waals surface area contributed by atoms with E-state index in [4.69, 9.17) is 0 Å². The molecular formula is C15H12BrFN2O. The van der Waals surface area contributed by atoms with Gasteiger partial charge in [-0.3, -0.25) is 4.79 Å². The Bertz CT molecular complexity index is 645. The van der Waals surface area contributed by atoms with E-state index in [9.17, 15) is 9.18 Å². The topological polar surface area (TPSA) is 42.0 Å². The molecule has 1 fully saturated rings. The molecule has 0 aliphatic heterocycles. The van der Waals surface area contributed by atoms with E-state index in [0.717, 1.165) is 4.47 Å². The third-order valence-electron chi connectivity index (χ3n) is 3.41. The molecule has 0 spiro atoms. The lowest BCUT2D eigenvalue weighted by Gasteiger charge is -2.04. The Kier molecular flexibility index (Phi) is 3.53. The average molecular weight is 335 g/mol. The van der Waals surface area contributed by atoms with Crippen molar-refractivity contribution in [2.45, 2.75) is 12.3 Å². The van der Waals surface area contributed by atoms with Crippen molar-refractivity contribution in [3.05, 3.63) is 58.4 Å². The second-order valence-corrected chi connectivity index (χ2v) is 5.74. The largest absolute Gasteiger partial charge is 0.310 e. The highest BCUT2D eigenvalue weighted by Gasteiger charge is 2.45. The highest BCUT2D eigenvalue weighted by molar-refractivity contribution is 9.10. The number of hydrogen-bond donors (Lipinski definition) is 1. The minimum absolute atomic E-state index is 0.0216. The highest BCUT2D eigenvalue weighted by Crippen LogP contribution is 2.48. The van der Waals surface area contributed by atoms with Crippen molar-refractivity contribution in [3.63, 3.8) is 0 Å². The van der Waals surface area contributed by atoms with E-state index in [1.807, 2.05) is 6.07 Å². The Balaban J connectivity index is 1.66. The van der Waals surface area contributed by atoms with Crippen molar-refractivity contribution in [1.82, 2.24) is 4.98 Å². The van der Waals surface area contributed by atoms with Crippen molar-refractivity contribution in [2.24, 2.45) is 5.92 Å². The lowest BCUT2D eigenvalue weighted by atomic mass is 10.1. The summed E-state index contributed by atoms with van der Waals surface area (Å²) in [5, 5.41) is 2.76. The molecule has 1 amide bonds. The van der Waals surface area contributed by atoms with E-state index in [0.29, 0.717) is 17.8 Å². The second kappa shape index (κ2) is 5.32. The Morgan fingerprint density at radius 3 is 2.80 bits per heavy atom. The van der Waals surface area contributed by atoms with Gasteiger partial charge in [0.15, 0.2) is 0 Å². The first-order chi connectivity index (χ1) is 9.65. The van der Waals surface area contributed by atoms with E-state index >= 15 is 0 Å². The molecule has 1 heterocycles. The number of carbonyl (C=O) groups is 1. The van der Waals surface area contributed by atoms with Gasteiger partial charge in [-0.05, 0) is 52.0 Å². The summed E-state index contributed by atoms with van der Waals surface area (Å²) in [7, 11) is 0. The molecule has 0 radical (unpaired) electrons. The lowest BCUT2D eigenvalue weighted by Crippen LogP contribution is -2.15. The number of anilines is 1. The van der Waals surface area contributed by atoms with Crippen molar-refractivity contribution in [3.8, 4) is 0 Å². The van der Waals surface area contributed by atoms with E-state index < -0.39 is 0 Å². The zero-order chi connectivity index (χ0) is 14.1. The quantitative estimate of drug-likeness (QED) is 0.929. The minimum Gasteiger partial charge on any atom is -0.310 e. The molecule has 2 atom stereocenters. The van der Waals surface area contributed by atoms with Crippen molar-refractivity contribution >= 4 is 27.7 Å². The molecule has 102 valence electrons. The first-order valence-electron chi connectivity index (χ1n) is 6.32. The number of aromatic nitrogens is 1. The maximum Gasteiger partial charge on any atom is 0.229 e. The monoisotopic (exact) mass is 334 g/mol. The van der Waals surface area contributed by atoms with E-state index in [-0.39, 0.29) is 23.6 Å². The highest BCUT2D eigenvalue weighted by atomic mass is 79.9. The first-order valence-corrected chi connectivity index (χ1v) is 7.11. The molecule has 1 saturated carbocycles. The zero-order valence-electron chi connectivity index (χ0n) is 10.5. The molecule has 0 saturated heterocycles. The summed E-state index contributed by atoms with van der Waals surface area (Å²) in [5.74, 6) is -0.0241. The molecule has 1 aromatic carbocycles. The maximum atomic E-state index is 13.6. The van der Waals surface area contributed by atoms with Crippen LogP contribution in [0.15, 0.2) is 47.1 Å². The lowest BCUT2D eigenvalue weighted by molar-refractivity contribution is -0.117. The summed E-state index contributed by atoms with van der Waals surface area (Å²) in [6.45, 7) is 0. The number of pyridine rings is 1. The van der Waals surface area contributed by atoms with Crippen LogP contribution in [0.1, 0.15) is 17.9 Å². The van der Waals surface area contributed by atoms with Crippen LogP contribution in [0.3, 0.4) is 0 Å². The number of benzene rings is 1. The Morgan fingerprint density at radius 2 is 2.10 bits per heavy atom. The average Bonchev–Trinajstić information content (AvgIpc) is 3.22. The van der Waals surface area contributed by atoms with Crippen LogP contribution in [0.25, 0.3) is 0 Å². The number of nitrogens with one attached hydrogen (secondary N) is 1. The minimum atomic E-state index is -0.241. The summed E-state index contributed by atoms with van der Waals surface area (Å²) in [6.07, 6.45) is 2.31. The number of amides is 1. The van der Waals surface area contributed by atoms with Gasteiger partial charge in [0.2, 0.25) is 5.91 Å². The molecule has 5 heteroatoms. The summed E-state index contributed by atoms with van der Waals surface area (Å²) >= 11 is 3.28. The summed E-state index contributed by atoms with van der Waals surface area (Å²) < 4.78 is 14.5. The summed E-state index contributed by atoms with van der Waals surface area (Å²) in [4.78, 5) is 16.2. The van der Waals surface area contributed by atoms with Gasteiger partial charge in [0.05, 0.1) is 0 Å². The Morgan fingerprint density at radius 1 is 1.30 bits per heavy atom. The predicted molar refractivity (Wildman–Crippen MR) is 77.8 cm³/mol. The summed E-state index contributed by atoms with van der Waals surface area (Å²) in [6, 6.07) is 10.2. The fourth-order valence-corrected chi connectivity index (χ4v) is 2.51. The predicted octanol–water partition coefficient (Wildman–Crippen LogP) is 3.73. The summed E-state index contributed by atoms with van der Waals surface area (Å²) in [5.41, 5.74) is 0.622. The molecule has 3 nitrogen and oxygen atoms in total. The normalized spacial score (nSPS) is 20.5. The van der Waals surface area contributed by atoms with Gasteiger partial charge in [0.1, 0.15) is 11.6 Å². The van der Waals surface area contributed by atoms with E-state index in [1.165, 1.54) is 6.07 Å². The van der Waals surface area contributed by atoms with E-state index in [1.54, 1.807) is 30.5 Å².